The Morgan fingerprint density at radius 1 is 1.17 bits per heavy atom. The summed E-state index contributed by atoms with van der Waals surface area (Å²) in [5.41, 5.74) is -0.593. The summed E-state index contributed by atoms with van der Waals surface area (Å²) < 4.78 is 29.6. The number of fused-ring (bicyclic) bond motifs is 2. The maximum absolute atomic E-state index is 13.1. The summed E-state index contributed by atoms with van der Waals surface area (Å²) in [6.45, 7) is 5.72. The second-order valence-electron chi connectivity index (χ2n) is 7.89. The quantitative estimate of drug-likeness (QED) is 0.744. The van der Waals surface area contributed by atoms with Crippen molar-refractivity contribution in [3.63, 3.8) is 0 Å². The van der Waals surface area contributed by atoms with Crippen molar-refractivity contribution < 1.29 is 13.2 Å². The molecule has 0 aromatic heterocycles. The highest BCUT2D eigenvalue weighted by Gasteiger charge is 2.50. The second-order valence-corrected chi connectivity index (χ2v) is 9.70. The fourth-order valence-electron chi connectivity index (χ4n) is 4.30. The van der Waals surface area contributed by atoms with Crippen LogP contribution in [0.3, 0.4) is 0 Å². The average Bonchev–Trinajstić information content (AvgIpc) is 3.07. The first-order valence-electron chi connectivity index (χ1n) is 8.39. The van der Waals surface area contributed by atoms with Crippen molar-refractivity contribution in [1.29, 1.82) is 0 Å². The molecule has 0 radical (unpaired) electrons. The Labute approximate surface area is 139 Å². The lowest BCUT2D eigenvalue weighted by molar-refractivity contribution is 0.0802. The number of piperidine rings is 1. The molecule has 2 unspecified atom stereocenters. The highest BCUT2D eigenvalue weighted by Crippen LogP contribution is 2.41. The Bertz CT molecular complexity index is 590. The van der Waals surface area contributed by atoms with Gasteiger partial charge in [-0.05, 0) is 39.0 Å². The zero-order valence-corrected chi connectivity index (χ0v) is 15.3. The van der Waals surface area contributed by atoms with Crippen LogP contribution < -0.4 is 0 Å². The van der Waals surface area contributed by atoms with Gasteiger partial charge in [0.15, 0.2) is 0 Å². The van der Waals surface area contributed by atoms with Crippen LogP contribution >= 0.6 is 0 Å². The molecule has 1 aliphatic carbocycles. The molecule has 3 rings (SSSR count). The SMILES string of the molecule is CN(C)C(=O)N1CCN(S(=O)(=O)N2CC3CCC2C3)C(C)(C)C1. The highest BCUT2D eigenvalue weighted by molar-refractivity contribution is 7.86. The van der Waals surface area contributed by atoms with Crippen molar-refractivity contribution in [3.8, 4) is 0 Å². The number of urea groups is 1. The predicted octanol–water partition coefficient (Wildman–Crippen LogP) is 0.793. The van der Waals surface area contributed by atoms with Crippen LogP contribution in [0.1, 0.15) is 33.1 Å². The summed E-state index contributed by atoms with van der Waals surface area (Å²) in [6.07, 6.45) is 3.16. The number of hydrogen-bond donors (Lipinski definition) is 0. The Balaban J connectivity index is 1.77. The van der Waals surface area contributed by atoms with Crippen LogP contribution in [-0.4, -0.2) is 84.7 Å². The van der Waals surface area contributed by atoms with E-state index in [1.807, 2.05) is 13.8 Å². The zero-order chi connectivity index (χ0) is 17.0. The van der Waals surface area contributed by atoms with E-state index in [-0.39, 0.29) is 12.1 Å². The number of hydrogen-bond acceptors (Lipinski definition) is 3. The maximum Gasteiger partial charge on any atom is 0.319 e. The summed E-state index contributed by atoms with van der Waals surface area (Å²) in [6, 6.07) is 0.123. The fraction of sp³-hybridized carbons (Fsp3) is 0.933. The highest BCUT2D eigenvalue weighted by atomic mass is 32.2. The number of nitrogens with zero attached hydrogens (tertiary/aromatic N) is 4. The van der Waals surface area contributed by atoms with Crippen molar-refractivity contribution in [1.82, 2.24) is 18.4 Å². The molecule has 2 saturated heterocycles. The van der Waals surface area contributed by atoms with E-state index >= 15 is 0 Å². The number of piperazine rings is 1. The van der Waals surface area contributed by atoms with Crippen LogP contribution in [0.2, 0.25) is 0 Å². The molecule has 1 saturated carbocycles. The van der Waals surface area contributed by atoms with Gasteiger partial charge in [0, 0.05) is 51.9 Å². The van der Waals surface area contributed by atoms with Gasteiger partial charge in [-0.2, -0.15) is 17.0 Å². The van der Waals surface area contributed by atoms with Crippen LogP contribution in [0.5, 0.6) is 0 Å². The normalized spacial score (nSPS) is 31.6. The van der Waals surface area contributed by atoms with Crippen LogP contribution in [0, 0.1) is 5.92 Å². The Hall–Kier alpha value is -0.860. The molecule has 0 spiro atoms. The molecular weight excluding hydrogens is 316 g/mol. The first kappa shape index (κ1) is 17.0. The topological polar surface area (TPSA) is 64.2 Å². The molecule has 23 heavy (non-hydrogen) atoms. The molecule has 3 fully saturated rings. The van der Waals surface area contributed by atoms with Crippen molar-refractivity contribution in [2.24, 2.45) is 5.92 Å². The molecule has 0 aromatic carbocycles. The van der Waals surface area contributed by atoms with E-state index in [1.54, 1.807) is 32.5 Å². The van der Waals surface area contributed by atoms with E-state index in [0.29, 0.717) is 32.1 Å². The predicted molar refractivity (Wildman–Crippen MR) is 88.2 cm³/mol. The van der Waals surface area contributed by atoms with Gasteiger partial charge in [0.25, 0.3) is 10.2 Å². The van der Waals surface area contributed by atoms with Gasteiger partial charge < -0.3 is 9.80 Å². The van der Waals surface area contributed by atoms with E-state index in [0.717, 1.165) is 19.3 Å². The Kier molecular flexibility index (Phi) is 4.13. The lowest BCUT2D eigenvalue weighted by Crippen LogP contribution is -2.65. The molecule has 0 aromatic rings. The zero-order valence-electron chi connectivity index (χ0n) is 14.5. The molecule has 3 aliphatic rings. The van der Waals surface area contributed by atoms with Crippen LogP contribution in [0.25, 0.3) is 0 Å². The van der Waals surface area contributed by atoms with Gasteiger partial charge in [-0.3, -0.25) is 0 Å². The minimum absolute atomic E-state index is 0.0599. The van der Waals surface area contributed by atoms with Crippen LogP contribution in [0.15, 0.2) is 0 Å². The number of rotatable bonds is 2. The van der Waals surface area contributed by atoms with Crippen molar-refractivity contribution in [2.45, 2.75) is 44.7 Å². The standard InChI is InChI=1S/C15H28N4O3S/c1-15(2)11-17(14(20)16(3)4)7-8-19(15)23(21,22)18-10-12-5-6-13(18)9-12/h12-13H,5-11H2,1-4H3. The lowest BCUT2D eigenvalue weighted by Gasteiger charge is -2.48. The van der Waals surface area contributed by atoms with E-state index in [9.17, 15) is 13.2 Å². The first-order valence-corrected chi connectivity index (χ1v) is 9.78. The van der Waals surface area contributed by atoms with E-state index < -0.39 is 15.7 Å². The number of carbonyl (C=O) groups is 1. The van der Waals surface area contributed by atoms with E-state index in [2.05, 4.69) is 0 Å². The van der Waals surface area contributed by atoms with Gasteiger partial charge >= 0.3 is 6.03 Å². The molecule has 132 valence electrons. The van der Waals surface area contributed by atoms with Gasteiger partial charge in [0.05, 0.1) is 0 Å². The molecule has 8 heteroatoms. The van der Waals surface area contributed by atoms with Gasteiger partial charge in [-0.1, -0.05) is 0 Å². The van der Waals surface area contributed by atoms with Gasteiger partial charge in [-0.25, -0.2) is 4.79 Å². The third kappa shape index (κ3) is 2.85. The molecule has 2 atom stereocenters. The Morgan fingerprint density at radius 2 is 1.87 bits per heavy atom. The minimum Gasteiger partial charge on any atom is -0.331 e. The smallest absolute Gasteiger partial charge is 0.319 e. The molecule has 2 heterocycles. The fourth-order valence-corrected chi connectivity index (χ4v) is 6.52. The van der Waals surface area contributed by atoms with Crippen molar-refractivity contribution >= 4 is 16.2 Å². The molecule has 2 aliphatic heterocycles. The summed E-state index contributed by atoms with van der Waals surface area (Å²) >= 11 is 0. The summed E-state index contributed by atoms with van der Waals surface area (Å²) in [4.78, 5) is 15.5. The van der Waals surface area contributed by atoms with E-state index in [1.165, 1.54) is 0 Å². The van der Waals surface area contributed by atoms with Gasteiger partial charge in [0.1, 0.15) is 0 Å². The third-order valence-corrected chi connectivity index (χ3v) is 7.69. The summed E-state index contributed by atoms with van der Waals surface area (Å²) in [5, 5.41) is 0. The van der Waals surface area contributed by atoms with E-state index in [4.69, 9.17) is 0 Å². The second kappa shape index (κ2) is 5.60. The first-order chi connectivity index (χ1) is 10.6. The molecule has 2 amide bonds. The van der Waals surface area contributed by atoms with Crippen LogP contribution in [-0.2, 0) is 10.2 Å². The third-order valence-electron chi connectivity index (χ3n) is 5.41. The number of amides is 2. The average molecular weight is 344 g/mol. The van der Waals surface area contributed by atoms with Crippen molar-refractivity contribution in [3.05, 3.63) is 0 Å². The number of carbonyl (C=O) groups excluding carboxylic acids is 1. The molecule has 0 N–H and O–H groups in total. The maximum atomic E-state index is 13.1. The lowest BCUT2D eigenvalue weighted by atomic mass is 10.0. The van der Waals surface area contributed by atoms with Gasteiger partial charge in [0.2, 0.25) is 0 Å². The molecule has 7 nitrogen and oxygen atoms in total. The minimum atomic E-state index is -3.45. The molecule has 2 bridgehead atoms. The van der Waals surface area contributed by atoms with Crippen molar-refractivity contribution in [2.75, 3.05) is 40.3 Å². The Morgan fingerprint density at radius 3 is 2.35 bits per heavy atom. The monoisotopic (exact) mass is 344 g/mol. The van der Waals surface area contributed by atoms with Gasteiger partial charge in [-0.15, -0.1) is 0 Å². The molecular formula is C15H28N4O3S. The largest absolute Gasteiger partial charge is 0.331 e. The van der Waals surface area contributed by atoms with Crippen LogP contribution in [0.4, 0.5) is 4.79 Å². The summed E-state index contributed by atoms with van der Waals surface area (Å²) in [7, 11) is -0.0112. The summed E-state index contributed by atoms with van der Waals surface area (Å²) in [5.74, 6) is 0.537.